The van der Waals surface area contributed by atoms with Crippen molar-refractivity contribution >= 4 is 0 Å². The van der Waals surface area contributed by atoms with Crippen molar-refractivity contribution in [2.24, 2.45) is 11.8 Å². The molecular formula is C15H28N2. The van der Waals surface area contributed by atoms with Crippen LogP contribution in [0, 0.1) is 11.8 Å². The second kappa shape index (κ2) is 5.27. The molecule has 98 valence electrons. The second-order valence-corrected chi connectivity index (χ2v) is 6.58. The number of rotatable bonds is 3. The van der Waals surface area contributed by atoms with Crippen LogP contribution in [0.2, 0.25) is 0 Å². The van der Waals surface area contributed by atoms with E-state index in [9.17, 15) is 0 Å². The van der Waals surface area contributed by atoms with Gasteiger partial charge in [-0.05, 0) is 64.0 Å². The fraction of sp³-hybridized carbons (Fsp3) is 1.00. The highest BCUT2D eigenvalue weighted by Gasteiger charge is 2.36. The summed E-state index contributed by atoms with van der Waals surface area (Å²) < 4.78 is 0. The van der Waals surface area contributed by atoms with Crippen molar-refractivity contribution in [1.82, 2.24) is 10.2 Å². The molecule has 3 fully saturated rings. The molecule has 2 heteroatoms. The molecule has 3 unspecified atom stereocenters. The highest BCUT2D eigenvalue weighted by atomic mass is 15.2. The molecule has 2 nitrogen and oxygen atoms in total. The van der Waals surface area contributed by atoms with E-state index in [1.165, 1.54) is 64.5 Å². The fourth-order valence-corrected chi connectivity index (χ4v) is 4.05. The van der Waals surface area contributed by atoms with E-state index in [4.69, 9.17) is 0 Å². The van der Waals surface area contributed by atoms with Crippen molar-refractivity contribution in [3.8, 4) is 0 Å². The van der Waals surface area contributed by atoms with E-state index in [0.29, 0.717) is 0 Å². The van der Waals surface area contributed by atoms with E-state index in [1.807, 2.05) is 0 Å². The Balaban J connectivity index is 1.54. The van der Waals surface area contributed by atoms with Gasteiger partial charge in [-0.25, -0.2) is 0 Å². The molecule has 1 saturated heterocycles. The summed E-state index contributed by atoms with van der Waals surface area (Å²) >= 11 is 0. The van der Waals surface area contributed by atoms with Gasteiger partial charge in [0.25, 0.3) is 0 Å². The maximum atomic E-state index is 3.56. The normalized spacial score (nSPS) is 39.5. The third kappa shape index (κ3) is 2.85. The van der Waals surface area contributed by atoms with Gasteiger partial charge in [-0.2, -0.15) is 0 Å². The molecule has 0 aromatic carbocycles. The molecule has 0 bridgehead atoms. The second-order valence-electron chi connectivity index (χ2n) is 6.58. The van der Waals surface area contributed by atoms with Gasteiger partial charge in [-0.1, -0.05) is 12.8 Å². The number of hydrogen-bond donors (Lipinski definition) is 1. The van der Waals surface area contributed by atoms with Gasteiger partial charge in [0, 0.05) is 18.6 Å². The zero-order chi connectivity index (χ0) is 11.7. The van der Waals surface area contributed by atoms with Gasteiger partial charge in [0.2, 0.25) is 0 Å². The summed E-state index contributed by atoms with van der Waals surface area (Å²) in [7, 11) is 2.39. The molecule has 3 aliphatic rings. The standard InChI is InChI=1S/C15H28N2/c1-17(15-6-3-9-16-11-15)14-5-2-4-13(10-14)12-7-8-12/h12-16H,2-11H2,1H3. The summed E-state index contributed by atoms with van der Waals surface area (Å²) in [4.78, 5) is 2.72. The van der Waals surface area contributed by atoms with Crippen LogP contribution in [-0.4, -0.2) is 37.1 Å². The Morgan fingerprint density at radius 1 is 0.882 bits per heavy atom. The van der Waals surface area contributed by atoms with Crippen LogP contribution < -0.4 is 5.32 Å². The smallest absolute Gasteiger partial charge is 0.0221 e. The average molecular weight is 236 g/mol. The van der Waals surface area contributed by atoms with Gasteiger partial charge in [-0.15, -0.1) is 0 Å². The minimum atomic E-state index is 0.812. The third-order valence-corrected chi connectivity index (χ3v) is 5.40. The minimum Gasteiger partial charge on any atom is -0.315 e. The first kappa shape index (κ1) is 12.0. The van der Waals surface area contributed by atoms with E-state index < -0.39 is 0 Å². The molecule has 0 radical (unpaired) electrons. The largest absolute Gasteiger partial charge is 0.315 e. The molecule has 0 aromatic rings. The number of hydrogen-bond acceptors (Lipinski definition) is 2. The average Bonchev–Trinajstić information content (AvgIpc) is 3.23. The van der Waals surface area contributed by atoms with E-state index in [1.54, 1.807) is 0 Å². The van der Waals surface area contributed by atoms with Gasteiger partial charge in [0.05, 0.1) is 0 Å². The highest BCUT2D eigenvalue weighted by Crippen LogP contribution is 2.44. The van der Waals surface area contributed by atoms with Gasteiger partial charge in [0.1, 0.15) is 0 Å². The predicted molar refractivity (Wildman–Crippen MR) is 72.1 cm³/mol. The molecule has 3 rings (SSSR count). The first-order valence-electron chi connectivity index (χ1n) is 7.77. The lowest BCUT2D eigenvalue weighted by molar-refractivity contribution is 0.0940. The Kier molecular flexibility index (Phi) is 3.72. The van der Waals surface area contributed by atoms with E-state index in [-0.39, 0.29) is 0 Å². The van der Waals surface area contributed by atoms with Gasteiger partial charge in [0.15, 0.2) is 0 Å². The zero-order valence-corrected chi connectivity index (χ0v) is 11.3. The first-order chi connectivity index (χ1) is 8.34. The Labute approximate surface area is 106 Å². The molecule has 0 spiro atoms. The van der Waals surface area contributed by atoms with Crippen molar-refractivity contribution < 1.29 is 0 Å². The van der Waals surface area contributed by atoms with Gasteiger partial charge in [-0.3, -0.25) is 4.90 Å². The molecule has 2 aliphatic carbocycles. The summed E-state index contributed by atoms with van der Waals surface area (Å²) in [6.45, 7) is 2.46. The van der Waals surface area contributed by atoms with Crippen LogP contribution in [0.25, 0.3) is 0 Å². The number of piperidine rings is 1. The predicted octanol–water partition coefficient (Wildman–Crippen LogP) is 2.64. The molecule has 1 aliphatic heterocycles. The first-order valence-corrected chi connectivity index (χ1v) is 7.77. The summed E-state index contributed by atoms with van der Waals surface area (Å²) in [5, 5.41) is 3.56. The summed E-state index contributed by atoms with van der Waals surface area (Å²) in [5.41, 5.74) is 0. The van der Waals surface area contributed by atoms with Crippen molar-refractivity contribution in [3.63, 3.8) is 0 Å². The van der Waals surface area contributed by atoms with Crippen LogP contribution in [0.5, 0.6) is 0 Å². The zero-order valence-electron chi connectivity index (χ0n) is 11.3. The van der Waals surface area contributed by atoms with E-state index >= 15 is 0 Å². The topological polar surface area (TPSA) is 15.3 Å². The lowest BCUT2D eigenvalue weighted by Crippen LogP contribution is -2.49. The SMILES string of the molecule is CN(C1CCCNC1)C1CCCC(C2CC2)C1. The molecule has 17 heavy (non-hydrogen) atoms. The molecular weight excluding hydrogens is 208 g/mol. The van der Waals surface area contributed by atoms with Crippen LogP contribution in [-0.2, 0) is 0 Å². The summed E-state index contributed by atoms with van der Waals surface area (Å²) in [6.07, 6.45) is 11.8. The lowest BCUT2D eigenvalue weighted by atomic mass is 9.81. The quantitative estimate of drug-likeness (QED) is 0.810. The maximum absolute atomic E-state index is 3.56. The van der Waals surface area contributed by atoms with Gasteiger partial charge >= 0.3 is 0 Å². The Bertz CT molecular complexity index is 243. The maximum Gasteiger partial charge on any atom is 0.0221 e. The molecule has 3 atom stereocenters. The number of nitrogens with one attached hydrogen (secondary N) is 1. The monoisotopic (exact) mass is 236 g/mol. The van der Waals surface area contributed by atoms with Crippen LogP contribution in [0.4, 0.5) is 0 Å². The van der Waals surface area contributed by atoms with Crippen molar-refractivity contribution in [1.29, 1.82) is 0 Å². The number of nitrogens with zero attached hydrogens (tertiary/aromatic N) is 1. The Hall–Kier alpha value is -0.0800. The van der Waals surface area contributed by atoms with Gasteiger partial charge < -0.3 is 5.32 Å². The minimum absolute atomic E-state index is 0.812. The summed E-state index contributed by atoms with van der Waals surface area (Å²) in [6, 6.07) is 1.70. The summed E-state index contributed by atoms with van der Waals surface area (Å²) in [5.74, 6) is 2.20. The highest BCUT2D eigenvalue weighted by molar-refractivity contribution is 4.90. The van der Waals surface area contributed by atoms with Crippen molar-refractivity contribution in [3.05, 3.63) is 0 Å². The van der Waals surface area contributed by atoms with Crippen molar-refractivity contribution in [2.45, 2.75) is 63.5 Å². The molecule has 1 heterocycles. The molecule has 0 amide bonds. The molecule has 1 N–H and O–H groups in total. The van der Waals surface area contributed by atoms with Crippen LogP contribution in [0.15, 0.2) is 0 Å². The lowest BCUT2D eigenvalue weighted by Gasteiger charge is -2.41. The molecule has 0 aromatic heterocycles. The van der Waals surface area contributed by atoms with Crippen molar-refractivity contribution in [2.75, 3.05) is 20.1 Å². The van der Waals surface area contributed by atoms with Crippen LogP contribution in [0.1, 0.15) is 51.4 Å². The molecule has 2 saturated carbocycles. The third-order valence-electron chi connectivity index (χ3n) is 5.40. The van der Waals surface area contributed by atoms with Crippen LogP contribution in [0.3, 0.4) is 0 Å². The van der Waals surface area contributed by atoms with E-state index in [0.717, 1.165) is 23.9 Å². The van der Waals surface area contributed by atoms with Crippen LogP contribution >= 0.6 is 0 Å². The number of likely N-dealkylation sites (N-methyl/N-ethyl adjacent to an activating group) is 1. The fourth-order valence-electron chi connectivity index (χ4n) is 4.05. The Morgan fingerprint density at radius 3 is 2.41 bits per heavy atom. The Morgan fingerprint density at radius 2 is 1.71 bits per heavy atom. The van der Waals surface area contributed by atoms with E-state index in [2.05, 4.69) is 17.3 Å².